The monoisotopic (exact) mass is 301 g/mol. The SMILES string of the molecule is Cc1cccc(CSCC(N)c2ccc3c(c2)OCO3)c1. The fourth-order valence-corrected chi connectivity index (χ4v) is 3.33. The van der Waals surface area contributed by atoms with Crippen molar-refractivity contribution in [2.24, 2.45) is 5.73 Å². The number of fused-ring (bicyclic) bond motifs is 1. The predicted molar refractivity (Wildman–Crippen MR) is 86.8 cm³/mol. The maximum atomic E-state index is 6.27. The molecule has 1 aliphatic heterocycles. The molecule has 0 aliphatic carbocycles. The number of nitrogens with two attached hydrogens (primary N) is 1. The van der Waals surface area contributed by atoms with Crippen LogP contribution in [0.3, 0.4) is 0 Å². The third-order valence-electron chi connectivity index (χ3n) is 3.47. The van der Waals surface area contributed by atoms with Crippen LogP contribution >= 0.6 is 11.8 Å². The van der Waals surface area contributed by atoms with Gasteiger partial charge in [0, 0.05) is 17.5 Å². The van der Waals surface area contributed by atoms with Crippen molar-refractivity contribution in [3.05, 3.63) is 59.2 Å². The summed E-state index contributed by atoms with van der Waals surface area (Å²) in [7, 11) is 0. The van der Waals surface area contributed by atoms with E-state index in [0.29, 0.717) is 6.79 Å². The lowest BCUT2D eigenvalue weighted by atomic mass is 10.1. The number of hydrogen-bond acceptors (Lipinski definition) is 4. The van der Waals surface area contributed by atoms with Gasteiger partial charge in [0.15, 0.2) is 11.5 Å². The molecule has 2 N–H and O–H groups in total. The topological polar surface area (TPSA) is 44.5 Å². The standard InChI is InChI=1S/C17H19NO2S/c1-12-3-2-4-13(7-12)9-21-10-15(18)14-5-6-16-17(8-14)20-11-19-16/h2-8,15H,9-11,18H2,1H3. The van der Waals surface area contributed by atoms with Gasteiger partial charge in [-0.15, -0.1) is 0 Å². The highest BCUT2D eigenvalue weighted by Gasteiger charge is 2.15. The number of aryl methyl sites for hydroxylation is 1. The average molecular weight is 301 g/mol. The van der Waals surface area contributed by atoms with Crippen molar-refractivity contribution in [2.45, 2.75) is 18.7 Å². The van der Waals surface area contributed by atoms with E-state index in [0.717, 1.165) is 28.6 Å². The number of benzene rings is 2. The first-order valence-electron chi connectivity index (χ1n) is 7.01. The second-order valence-corrected chi connectivity index (χ2v) is 6.25. The van der Waals surface area contributed by atoms with Gasteiger partial charge in [-0.3, -0.25) is 0 Å². The molecule has 1 heterocycles. The summed E-state index contributed by atoms with van der Waals surface area (Å²) in [5, 5.41) is 0. The second kappa shape index (κ2) is 6.41. The summed E-state index contributed by atoms with van der Waals surface area (Å²) in [6, 6.07) is 14.5. The molecule has 2 aromatic rings. The zero-order valence-electron chi connectivity index (χ0n) is 12.0. The molecule has 2 aromatic carbocycles. The van der Waals surface area contributed by atoms with Gasteiger partial charge in [0.2, 0.25) is 6.79 Å². The van der Waals surface area contributed by atoms with Crippen molar-refractivity contribution >= 4 is 11.8 Å². The van der Waals surface area contributed by atoms with Crippen molar-refractivity contribution in [1.82, 2.24) is 0 Å². The summed E-state index contributed by atoms with van der Waals surface area (Å²) in [4.78, 5) is 0. The Morgan fingerprint density at radius 2 is 2.00 bits per heavy atom. The lowest BCUT2D eigenvalue weighted by Gasteiger charge is -2.12. The van der Waals surface area contributed by atoms with Crippen LogP contribution in [0.1, 0.15) is 22.7 Å². The molecule has 110 valence electrons. The maximum Gasteiger partial charge on any atom is 0.231 e. The Bertz CT molecular complexity index is 630. The first-order valence-corrected chi connectivity index (χ1v) is 8.16. The van der Waals surface area contributed by atoms with Crippen molar-refractivity contribution in [3.63, 3.8) is 0 Å². The molecular formula is C17H19NO2S. The summed E-state index contributed by atoms with van der Waals surface area (Å²) in [5.41, 5.74) is 10.0. The predicted octanol–water partition coefficient (Wildman–Crippen LogP) is 3.66. The van der Waals surface area contributed by atoms with E-state index in [9.17, 15) is 0 Å². The van der Waals surface area contributed by atoms with E-state index in [1.54, 1.807) is 0 Å². The van der Waals surface area contributed by atoms with E-state index in [4.69, 9.17) is 15.2 Å². The van der Waals surface area contributed by atoms with Crippen molar-refractivity contribution in [2.75, 3.05) is 12.5 Å². The molecular weight excluding hydrogens is 282 g/mol. The van der Waals surface area contributed by atoms with Gasteiger partial charge >= 0.3 is 0 Å². The fraction of sp³-hybridized carbons (Fsp3) is 0.294. The molecule has 0 spiro atoms. The molecule has 0 saturated heterocycles. The molecule has 0 amide bonds. The highest BCUT2D eigenvalue weighted by molar-refractivity contribution is 7.98. The average Bonchev–Trinajstić information content (AvgIpc) is 2.94. The van der Waals surface area contributed by atoms with Gasteiger partial charge in [-0.1, -0.05) is 35.9 Å². The van der Waals surface area contributed by atoms with Crippen LogP contribution in [0.5, 0.6) is 11.5 Å². The van der Waals surface area contributed by atoms with E-state index in [2.05, 4.69) is 31.2 Å². The summed E-state index contributed by atoms with van der Waals surface area (Å²) in [6.07, 6.45) is 0. The van der Waals surface area contributed by atoms with Crippen molar-refractivity contribution in [1.29, 1.82) is 0 Å². The third-order valence-corrected chi connectivity index (χ3v) is 4.61. The first kappa shape index (κ1) is 14.3. The Balaban J connectivity index is 1.55. The molecule has 3 rings (SSSR count). The molecule has 3 nitrogen and oxygen atoms in total. The Morgan fingerprint density at radius 3 is 2.86 bits per heavy atom. The number of ether oxygens (including phenoxy) is 2. The van der Waals surface area contributed by atoms with E-state index in [1.807, 2.05) is 30.0 Å². The van der Waals surface area contributed by atoms with Crippen LogP contribution < -0.4 is 15.2 Å². The van der Waals surface area contributed by atoms with Crippen LogP contribution in [0.15, 0.2) is 42.5 Å². The maximum absolute atomic E-state index is 6.27. The molecule has 0 radical (unpaired) electrons. The minimum atomic E-state index is 0.00862. The number of hydrogen-bond donors (Lipinski definition) is 1. The first-order chi connectivity index (χ1) is 10.2. The summed E-state index contributed by atoms with van der Waals surface area (Å²) in [6.45, 7) is 2.42. The lowest BCUT2D eigenvalue weighted by Crippen LogP contribution is -2.13. The Kier molecular flexibility index (Phi) is 4.36. The summed E-state index contributed by atoms with van der Waals surface area (Å²) >= 11 is 1.85. The van der Waals surface area contributed by atoms with Crippen LogP contribution in [0.4, 0.5) is 0 Å². The van der Waals surface area contributed by atoms with Crippen LogP contribution in [-0.4, -0.2) is 12.5 Å². The molecule has 1 aliphatic rings. The lowest BCUT2D eigenvalue weighted by molar-refractivity contribution is 0.174. The van der Waals surface area contributed by atoms with E-state index >= 15 is 0 Å². The highest BCUT2D eigenvalue weighted by atomic mass is 32.2. The molecule has 21 heavy (non-hydrogen) atoms. The van der Waals surface area contributed by atoms with Gasteiger partial charge in [0.1, 0.15) is 0 Å². The molecule has 1 atom stereocenters. The fourth-order valence-electron chi connectivity index (χ4n) is 2.35. The molecule has 0 saturated carbocycles. The normalized spacial score (nSPS) is 14.2. The van der Waals surface area contributed by atoms with Crippen LogP contribution in [-0.2, 0) is 5.75 Å². The minimum absolute atomic E-state index is 0.00862. The summed E-state index contributed by atoms with van der Waals surface area (Å²) in [5.74, 6) is 3.47. The molecule has 1 unspecified atom stereocenters. The Morgan fingerprint density at radius 1 is 1.14 bits per heavy atom. The second-order valence-electron chi connectivity index (χ2n) is 5.22. The van der Waals surface area contributed by atoms with Gasteiger partial charge in [-0.05, 0) is 30.2 Å². The largest absolute Gasteiger partial charge is 0.454 e. The highest BCUT2D eigenvalue weighted by Crippen LogP contribution is 2.34. The smallest absolute Gasteiger partial charge is 0.231 e. The van der Waals surface area contributed by atoms with Crippen LogP contribution in [0, 0.1) is 6.92 Å². The quantitative estimate of drug-likeness (QED) is 0.915. The minimum Gasteiger partial charge on any atom is -0.454 e. The van der Waals surface area contributed by atoms with Gasteiger partial charge in [-0.25, -0.2) is 0 Å². The third kappa shape index (κ3) is 3.52. The number of rotatable bonds is 5. The van der Waals surface area contributed by atoms with Gasteiger partial charge in [0.05, 0.1) is 0 Å². The van der Waals surface area contributed by atoms with Crippen molar-refractivity contribution < 1.29 is 9.47 Å². The molecule has 0 bridgehead atoms. The van der Waals surface area contributed by atoms with Gasteiger partial charge in [-0.2, -0.15) is 11.8 Å². The van der Waals surface area contributed by atoms with E-state index in [1.165, 1.54) is 11.1 Å². The summed E-state index contributed by atoms with van der Waals surface area (Å²) < 4.78 is 10.7. The van der Waals surface area contributed by atoms with E-state index < -0.39 is 0 Å². The molecule has 4 heteroatoms. The van der Waals surface area contributed by atoms with Gasteiger partial charge < -0.3 is 15.2 Å². The van der Waals surface area contributed by atoms with Crippen LogP contribution in [0.2, 0.25) is 0 Å². The van der Waals surface area contributed by atoms with Gasteiger partial charge in [0.25, 0.3) is 0 Å². The Labute approximate surface area is 129 Å². The zero-order chi connectivity index (χ0) is 14.7. The molecule has 0 aromatic heterocycles. The van der Waals surface area contributed by atoms with E-state index in [-0.39, 0.29) is 6.04 Å². The number of thioether (sulfide) groups is 1. The van der Waals surface area contributed by atoms with Crippen LogP contribution in [0.25, 0.3) is 0 Å². The zero-order valence-corrected chi connectivity index (χ0v) is 12.9. The van der Waals surface area contributed by atoms with Crippen molar-refractivity contribution in [3.8, 4) is 11.5 Å². The Hall–Kier alpha value is -1.65. The molecule has 0 fully saturated rings.